The van der Waals surface area contributed by atoms with E-state index in [1.807, 2.05) is 36.0 Å². The van der Waals surface area contributed by atoms with Crippen molar-refractivity contribution in [1.82, 2.24) is 5.32 Å². The van der Waals surface area contributed by atoms with Crippen molar-refractivity contribution in [3.8, 4) is 0 Å². The number of rotatable bonds is 5. The Labute approximate surface area is 124 Å². The Bertz CT molecular complexity index is 401. The maximum Gasteiger partial charge on any atom is 0.230 e. The molecule has 2 nitrogen and oxygen atoms in total. The van der Waals surface area contributed by atoms with Crippen molar-refractivity contribution in [2.45, 2.75) is 43.9 Å². The van der Waals surface area contributed by atoms with E-state index in [0.29, 0.717) is 17.5 Å². The maximum absolute atomic E-state index is 11.8. The second kappa shape index (κ2) is 7.81. The summed E-state index contributed by atoms with van der Waals surface area (Å²) in [6.45, 7) is 0.585. The van der Waals surface area contributed by atoms with Gasteiger partial charge in [-0.05, 0) is 30.5 Å². The molecular formula is C15H20ClNOS. The molecule has 0 aromatic heterocycles. The molecule has 1 aliphatic rings. The number of hydrogen-bond donors (Lipinski definition) is 1. The highest BCUT2D eigenvalue weighted by Crippen LogP contribution is 2.27. The van der Waals surface area contributed by atoms with Crippen molar-refractivity contribution >= 4 is 29.3 Å². The van der Waals surface area contributed by atoms with Crippen molar-refractivity contribution in [1.29, 1.82) is 0 Å². The molecule has 4 heteroatoms. The highest BCUT2D eigenvalue weighted by atomic mass is 35.5. The molecular weight excluding hydrogens is 278 g/mol. The van der Waals surface area contributed by atoms with Gasteiger partial charge in [-0.3, -0.25) is 4.79 Å². The molecule has 0 aliphatic heterocycles. The Balaban J connectivity index is 1.65. The first-order valence-electron chi connectivity index (χ1n) is 6.87. The van der Waals surface area contributed by atoms with Gasteiger partial charge in [0.15, 0.2) is 0 Å². The molecule has 0 unspecified atom stereocenters. The number of carbonyl (C=O) groups is 1. The average molecular weight is 298 g/mol. The van der Waals surface area contributed by atoms with Gasteiger partial charge >= 0.3 is 0 Å². The van der Waals surface area contributed by atoms with E-state index in [2.05, 4.69) is 5.32 Å². The molecule has 1 aromatic carbocycles. The molecule has 1 fully saturated rings. The zero-order chi connectivity index (χ0) is 13.5. The number of amides is 1. The number of hydrogen-bond acceptors (Lipinski definition) is 2. The summed E-state index contributed by atoms with van der Waals surface area (Å²) in [4.78, 5) is 11.8. The van der Waals surface area contributed by atoms with Crippen LogP contribution in [0.15, 0.2) is 24.3 Å². The fraction of sp³-hybridized carbons (Fsp3) is 0.533. The summed E-state index contributed by atoms with van der Waals surface area (Å²) in [5.74, 6) is 0.712. The van der Waals surface area contributed by atoms with Gasteiger partial charge < -0.3 is 5.32 Å². The van der Waals surface area contributed by atoms with E-state index in [-0.39, 0.29) is 5.91 Å². The number of carbonyl (C=O) groups excluding carboxylic acids is 1. The molecule has 1 aromatic rings. The summed E-state index contributed by atoms with van der Waals surface area (Å²) in [7, 11) is 0. The largest absolute Gasteiger partial charge is 0.351 e. The summed E-state index contributed by atoms with van der Waals surface area (Å²) < 4.78 is 0. The summed E-state index contributed by atoms with van der Waals surface area (Å²) in [5, 5.41) is 4.37. The van der Waals surface area contributed by atoms with Gasteiger partial charge in [0.25, 0.3) is 0 Å². The van der Waals surface area contributed by atoms with Crippen LogP contribution in [0.1, 0.15) is 37.7 Å². The van der Waals surface area contributed by atoms with Crippen LogP contribution in [0.5, 0.6) is 0 Å². The summed E-state index contributed by atoms with van der Waals surface area (Å²) >= 11 is 7.63. The monoisotopic (exact) mass is 297 g/mol. The fourth-order valence-electron chi connectivity index (χ4n) is 2.28. The lowest BCUT2D eigenvalue weighted by atomic mass is 10.0. The van der Waals surface area contributed by atoms with Crippen molar-refractivity contribution in [3.05, 3.63) is 34.9 Å². The Kier molecular flexibility index (Phi) is 6.05. The van der Waals surface area contributed by atoms with Gasteiger partial charge in [-0.2, -0.15) is 0 Å². The van der Waals surface area contributed by atoms with Crippen LogP contribution in [0.3, 0.4) is 0 Å². The molecule has 1 aliphatic carbocycles. The normalized spacial score (nSPS) is 16.3. The SMILES string of the molecule is O=C(CSC1CCCCC1)NCc1ccc(Cl)cc1. The molecule has 1 amide bonds. The first-order chi connectivity index (χ1) is 9.24. The molecule has 104 valence electrons. The summed E-state index contributed by atoms with van der Waals surface area (Å²) in [6.07, 6.45) is 6.55. The number of thioether (sulfide) groups is 1. The van der Waals surface area contributed by atoms with Crippen LogP contribution >= 0.6 is 23.4 Å². The minimum Gasteiger partial charge on any atom is -0.351 e. The fourth-order valence-corrected chi connectivity index (χ4v) is 3.56. The van der Waals surface area contributed by atoms with E-state index in [1.165, 1.54) is 32.1 Å². The Hall–Kier alpha value is -0.670. The Morgan fingerprint density at radius 3 is 2.58 bits per heavy atom. The zero-order valence-electron chi connectivity index (χ0n) is 11.0. The lowest BCUT2D eigenvalue weighted by Gasteiger charge is -2.20. The van der Waals surface area contributed by atoms with Gasteiger partial charge in [0, 0.05) is 16.8 Å². The van der Waals surface area contributed by atoms with Gasteiger partial charge in [0.2, 0.25) is 5.91 Å². The third kappa shape index (κ3) is 5.45. The van der Waals surface area contributed by atoms with Crippen LogP contribution in [0.25, 0.3) is 0 Å². The number of nitrogens with one attached hydrogen (secondary N) is 1. The second-order valence-corrected chi connectivity index (χ2v) is 6.70. The van der Waals surface area contributed by atoms with Crippen LogP contribution in [-0.2, 0) is 11.3 Å². The average Bonchev–Trinajstić information content (AvgIpc) is 2.45. The van der Waals surface area contributed by atoms with E-state index in [0.717, 1.165) is 10.6 Å². The maximum atomic E-state index is 11.8. The predicted octanol–water partition coefficient (Wildman–Crippen LogP) is 4.02. The van der Waals surface area contributed by atoms with E-state index in [9.17, 15) is 4.79 Å². The smallest absolute Gasteiger partial charge is 0.230 e. The third-order valence-electron chi connectivity index (χ3n) is 3.41. The first-order valence-corrected chi connectivity index (χ1v) is 8.29. The van der Waals surface area contributed by atoms with E-state index in [4.69, 9.17) is 11.6 Å². The van der Waals surface area contributed by atoms with Crippen molar-refractivity contribution in [2.24, 2.45) is 0 Å². The van der Waals surface area contributed by atoms with Gasteiger partial charge in [-0.15, -0.1) is 11.8 Å². The van der Waals surface area contributed by atoms with Crippen molar-refractivity contribution in [3.63, 3.8) is 0 Å². The minimum atomic E-state index is 0.130. The topological polar surface area (TPSA) is 29.1 Å². The first kappa shape index (κ1) is 14.7. The van der Waals surface area contributed by atoms with E-state index >= 15 is 0 Å². The quantitative estimate of drug-likeness (QED) is 0.889. The van der Waals surface area contributed by atoms with E-state index in [1.54, 1.807) is 0 Å². The predicted molar refractivity (Wildman–Crippen MR) is 82.6 cm³/mol. The lowest BCUT2D eigenvalue weighted by Crippen LogP contribution is -2.25. The molecule has 1 saturated carbocycles. The molecule has 2 rings (SSSR count). The Morgan fingerprint density at radius 2 is 1.89 bits per heavy atom. The lowest BCUT2D eigenvalue weighted by molar-refractivity contribution is -0.118. The van der Waals surface area contributed by atoms with Crippen LogP contribution in [0.4, 0.5) is 0 Å². The second-order valence-electron chi connectivity index (χ2n) is 4.97. The minimum absolute atomic E-state index is 0.130. The molecule has 19 heavy (non-hydrogen) atoms. The zero-order valence-corrected chi connectivity index (χ0v) is 12.6. The van der Waals surface area contributed by atoms with Crippen LogP contribution in [-0.4, -0.2) is 16.9 Å². The molecule has 0 bridgehead atoms. The molecule has 1 N–H and O–H groups in total. The molecule has 0 heterocycles. The summed E-state index contributed by atoms with van der Waals surface area (Å²) in [6, 6.07) is 7.58. The highest BCUT2D eigenvalue weighted by molar-refractivity contribution is 8.00. The van der Waals surface area contributed by atoms with Crippen LogP contribution in [0, 0.1) is 0 Å². The van der Waals surface area contributed by atoms with Gasteiger partial charge in [-0.25, -0.2) is 0 Å². The van der Waals surface area contributed by atoms with Gasteiger partial charge in [0.1, 0.15) is 0 Å². The molecule has 0 radical (unpaired) electrons. The van der Waals surface area contributed by atoms with E-state index < -0.39 is 0 Å². The Morgan fingerprint density at radius 1 is 1.21 bits per heavy atom. The van der Waals surface area contributed by atoms with Gasteiger partial charge in [0.05, 0.1) is 5.75 Å². The van der Waals surface area contributed by atoms with Crippen molar-refractivity contribution < 1.29 is 4.79 Å². The van der Waals surface area contributed by atoms with Crippen LogP contribution in [0.2, 0.25) is 5.02 Å². The molecule has 0 spiro atoms. The molecule has 0 saturated heterocycles. The molecule has 0 atom stereocenters. The highest BCUT2D eigenvalue weighted by Gasteiger charge is 2.15. The van der Waals surface area contributed by atoms with Crippen molar-refractivity contribution in [2.75, 3.05) is 5.75 Å². The number of halogens is 1. The standard InChI is InChI=1S/C15H20ClNOS/c16-13-8-6-12(7-9-13)10-17-15(18)11-19-14-4-2-1-3-5-14/h6-9,14H,1-5,10-11H2,(H,17,18). The van der Waals surface area contributed by atoms with Gasteiger partial charge in [-0.1, -0.05) is 43.0 Å². The third-order valence-corrected chi connectivity index (χ3v) is 5.03. The number of benzene rings is 1. The van der Waals surface area contributed by atoms with Crippen LogP contribution < -0.4 is 5.32 Å². The summed E-state index contributed by atoms with van der Waals surface area (Å²) in [5.41, 5.74) is 1.08.